The number of rotatable bonds is 2. The zero-order valence-electron chi connectivity index (χ0n) is 16.4. The van der Waals surface area contributed by atoms with Crippen LogP contribution in [0.15, 0.2) is 48.5 Å². The number of carbonyl (C=O) groups is 2. The molecule has 2 aliphatic rings. The molecule has 29 heavy (non-hydrogen) atoms. The van der Waals surface area contributed by atoms with Crippen LogP contribution in [0, 0.1) is 6.92 Å². The maximum absolute atomic E-state index is 13.1. The van der Waals surface area contributed by atoms with Crippen molar-refractivity contribution in [3.8, 4) is 0 Å². The number of urea groups is 1. The molecule has 0 bridgehead atoms. The summed E-state index contributed by atoms with van der Waals surface area (Å²) in [5, 5.41) is 3.50. The van der Waals surface area contributed by atoms with E-state index in [1.165, 1.54) is 0 Å². The maximum Gasteiger partial charge on any atom is 0.321 e. The minimum Gasteiger partial charge on any atom is -0.324 e. The van der Waals surface area contributed by atoms with Crippen molar-refractivity contribution in [1.29, 1.82) is 0 Å². The number of aryl methyl sites for hydroxylation is 1. The third-order valence-corrected chi connectivity index (χ3v) is 7.42. The molecule has 2 aromatic carbocycles. The molecule has 0 aromatic heterocycles. The SMILES string of the molecule is Cc1ccc(C(=O)N2CCSC23CCN(C(=O)Nc2cccc(Cl)c2)CC3)cc1. The first kappa shape index (κ1) is 20.1. The van der Waals surface area contributed by atoms with Crippen molar-refractivity contribution in [2.75, 3.05) is 30.7 Å². The number of anilines is 1. The van der Waals surface area contributed by atoms with E-state index in [9.17, 15) is 9.59 Å². The zero-order valence-corrected chi connectivity index (χ0v) is 17.9. The number of nitrogens with one attached hydrogen (secondary N) is 1. The summed E-state index contributed by atoms with van der Waals surface area (Å²) in [5.74, 6) is 1.03. The average Bonchev–Trinajstić information content (AvgIpc) is 3.11. The van der Waals surface area contributed by atoms with Crippen molar-refractivity contribution >= 4 is 41.0 Å². The minimum absolute atomic E-state index is 0.0897. The quantitative estimate of drug-likeness (QED) is 0.741. The molecule has 1 N–H and O–H groups in total. The first-order chi connectivity index (χ1) is 14.0. The van der Waals surface area contributed by atoms with Crippen molar-refractivity contribution in [2.24, 2.45) is 0 Å². The summed E-state index contributed by atoms with van der Waals surface area (Å²) >= 11 is 7.84. The summed E-state index contributed by atoms with van der Waals surface area (Å²) in [6, 6.07) is 14.8. The number of nitrogens with zero attached hydrogens (tertiary/aromatic N) is 2. The lowest BCUT2D eigenvalue weighted by Crippen LogP contribution is -2.54. The van der Waals surface area contributed by atoms with E-state index in [0.29, 0.717) is 23.8 Å². The molecule has 2 saturated heterocycles. The summed E-state index contributed by atoms with van der Waals surface area (Å²) in [6.07, 6.45) is 1.55. The van der Waals surface area contributed by atoms with Gasteiger partial charge in [-0.05, 0) is 50.1 Å². The molecule has 0 saturated carbocycles. The Kier molecular flexibility index (Phi) is 5.74. The largest absolute Gasteiger partial charge is 0.324 e. The van der Waals surface area contributed by atoms with Gasteiger partial charge in [0.05, 0.1) is 4.87 Å². The van der Waals surface area contributed by atoms with Crippen LogP contribution in [0.1, 0.15) is 28.8 Å². The van der Waals surface area contributed by atoms with Crippen molar-refractivity contribution in [2.45, 2.75) is 24.6 Å². The Bertz CT molecular complexity index is 911. The molecule has 0 radical (unpaired) electrons. The molecule has 5 nitrogen and oxygen atoms in total. The van der Waals surface area contributed by atoms with Crippen LogP contribution in [-0.2, 0) is 0 Å². The second kappa shape index (κ2) is 8.28. The van der Waals surface area contributed by atoms with Crippen LogP contribution in [0.3, 0.4) is 0 Å². The van der Waals surface area contributed by atoms with Gasteiger partial charge in [0.25, 0.3) is 5.91 Å². The number of amides is 3. The molecular weight excluding hydrogens is 406 g/mol. The monoisotopic (exact) mass is 429 g/mol. The molecular formula is C22H24ClN3O2S. The molecule has 7 heteroatoms. The normalized spacial score (nSPS) is 18.1. The highest BCUT2D eigenvalue weighted by Gasteiger charge is 2.47. The molecule has 2 aromatic rings. The third-order valence-electron chi connectivity index (χ3n) is 5.63. The van der Waals surface area contributed by atoms with Gasteiger partial charge in [0.2, 0.25) is 0 Å². The van der Waals surface area contributed by atoms with Crippen LogP contribution in [0.2, 0.25) is 5.02 Å². The second-order valence-electron chi connectivity index (χ2n) is 7.55. The Labute approximate surface area is 180 Å². The van der Waals surface area contributed by atoms with E-state index in [0.717, 1.165) is 36.3 Å². The Morgan fingerprint density at radius 2 is 1.79 bits per heavy atom. The zero-order chi connectivity index (χ0) is 20.4. The van der Waals surface area contributed by atoms with Crippen LogP contribution in [-0.4, -0.2) is 52.0 Å². The van der Waals surface area contributed by atoms with Gasteiger partial charge < -0.3 is 15.1 Å². The molecule has 2 fully saturated rings. The van der Waals surface area contributed by atoms with Gasteiger partial charge in [-0.1, -0.05) is 35.4 Å². The Morgan fingerprint density at radius 3 is 2.48 bits per heavy atom. The van der Waals surface area contributed by atoms with Crippen LogP contribution in [0.25, 0.3) is 0 Å². The fourth-order valence-corrected chi connectivity index (χ4v) is 5.63. The molecule has 152 valence electrons. The molecule has 0 unspecified atom stereocenters. The van der Waals surface area contributed by atoms with E-state index in [4.69, 9.17) is 11.6 Å². The Balaban J connectivity index is 1.41. The highest BCUT2D eigenvalue weighted by atomic mass is 35.5. The fourth-order valence-electron chi connectivity index (χ4n) is 3.99. The molecule has 4 rings (SSSR count). The van der Waals surface area contributed by atoms with E-state index in [1.807, 2.05) is 64.9 Å². The highest BCUT2D eigenvalue weighted by Crippen LogP contribution is 2.44. The first-order valence-electron chi connectivity index (χ1n) is 9.81. The number of thioether (sulfide) groups is 1. The van der Waals surface area contributed by atoms with Crippen molar-refractivity contribution in [3.63, 3.8) is 0 Å². The lowest BCUT2D eigenvalue weighted by atomic mass is 10.0. The van der Waals surface area contributed by atoms with Gasteiger partial charge in [-0.25, -0.2) is 4.79 Å². The smallest absolute Gasteiger partial charge is 0.321 e. The van der Waals surface area contributed by atoms with Gasteiger partial charge in [0, 0.05) is 41.7 Å². The van der Waals surface area contributed by atoms with E-state index in [-0.39, 0.29) is 16.8 Å². The first-order valence-corrected chi connectivity index (χ1v) is 11.2. The number of carbonyl (C=O) groups excluding carboxylic acids is 2. The highest BCUT2D eigenvalue weighted by molar-refractivity contribution is 8.00. The van der Waals surface area contributed by atoms with Crippen LogP contribution in [0.4, 0.5) is 10.5 Å². The molecule has 2 heterocycles. The van der Waals surface area contributed by atoms with Gasteiger partial charge in [-0.2, -0.15) is 0 Å². The Hall–Kier alpha value is -2.18. The molecule has 2 aliphatic heterocycles. The molecule has 0 aliphatic carbocycles. The summed E-state index contributed by atoms with van der Waals surface area (Å²) in [7, 11) is 0. The van der Waals surface area contributed by atoms with Gasteiger partial charge >= 0.3 is 6.03 Å². The Morgan fingerprint density at radius 1 is 1.07 bits per heavy atom. The summed E-state index contributed by atoms with van der Waals surface area (Å²) in [5.41, 5.74) is 2.57. The standard InChI is InChI=1S/C22H24ClN3O2S/c1-16-5-7-17(8-6-16)20(27)26-13-14-29-22(26)9-11-25(12-10-22)21(28)24-19-4-2-3-18(23)15-19/h2-8,15H,9-14H2,1H3,(H,24,28). The van der Waals surface area contributed by atoms with Crippen LogP contribution < -0.4 is 5.32 Å². The van der Waals surface area contributed by atoms with Gasteiger partial charge in [0.1, 0.15) is 0 Å². The van der Waals surface area contributed by atoms with E-state index in [1.54, 1.807) is 12.1 Å². The van der Waals surface area contributed by atoms with E-state index >= 15 is 0 Å². The summed E-state index contributed by atoms with van der Waals surface area (Å²) in [4.78, 5) is 29.4. The second-order valence-corrected chi connectivity index (χ2v) is 9.44. The number of piperidine rings is 1. The number of benzene rings is 2. The van der Waals surface area contributed by atoms with E-state index < -0.39 is 0 Å². The van der Waals surface area contributed by atoms with Gasteiger partial charge in [-0.3, -0.25) is 4.79 Å². The predicted octanol–water partition coefficient (Wildman–Crippen LogP) is 4.86. The van der Waals surface area contributed by atoms with Gasteiger partial charge in [0.15, 0.2) is 0 Å². The topological polar surface area (TPSA) is 52.7 Å². The number of hydrogen-bond donors (Lipinski definition) is 1. The summed E-state index contributed by atoms with van der Waals surface area (Å²) < 4.78 is 0. The van der Waals surface area contributed by atoms with Crippen LogP contribution in [0.5, 0.6) is 0 Å². The lowest BCUT2D eigenvalue weighted by Gasteiger charge is -2.44. The molecule has 0 atom stereocenters. The van der Waals surface area contributed by atoms with Crippen molar-refractivity contribution in [1.82, 2.24) is 9.80 Å². The third kappa shape index (κ3) is 4.23. The van der Waals surface area contributed by atoms with Crippen LogP contribution >= 0.6 is 23.4 Å². The number of hydrogen-bond acceptors (Lipinski definition) is 3. The number of likely N-dealkylation sites (tertiary alicyclic amines) is 1. The molecule has 1 spiro atoms. The summed E-state index contributed by atoms with van der Waals surface area (Å²) in [6.45, 7) is 4.02. The lowest BCUT2D eigenvalue weighted by molar-refractivity contribution is 0.0585. The van der Waals surface area contributed by atoms with Crippen molar-refractivity contribution in [3.05, 3.63) is 64.7 Å². The number of halogens is 1. The maximum atomic E-state index is 13.1. The van der Waals surface area contributed by atoms with Gasteiger partial charge in [-0.15, -0.1) is 11.8 Å². The van der Waals surface area contributed by atoms with Crippen molar-refractivity contribution < 1.29 is 9.59 Å². The minimum atomic E-state index is -0.213. The average molecular weight is 430 g/mol. The predicted molar refractivity (Wildman–Crippen MR) is 119 cm³/mol. The fraction of sp³-hybridized carbons (Fsp3) is 0.364. The molecule has 3 amide bonds. The van der Waals surface area contributed by atoms with E-state index in [2.05, 4.69) is 5.32 Å².